The molecule has 8 heteroatoms. The quantitative estimate of drug-likeness (QED) is 0.868. The maximum absolute atomic E-state index is 12.4. The van der Waals surface area contributed by atoms with Crippen LogP contribution >= 0.6 is 23.2 Å². The van der Waals surface area contributed by atoms with E-state index in [1.807, 2.05) is 13.8 Å². The van der Waals surface area contributed by atoms with Crippen LogP contribution in [0.5, 0.6) is 0 Å². The molecule has 1 fully saturated rings. The van der Waals surface area contributed by atoms with Crippen LogP contribution in [0.2, 0.25) is 10.0 Å². The zero-order valence-electron chi connectivity index (χ0n) is 12.6. The number of nitrogens with zero attached hydrogens (tertiary/aromatic N) is 1. The molecule has 1 aromatic rings. The standard InChI is InChI=1S/C14H20Cl2N2O3S/c1-14(2,18-5-7-21-8-6-18)10-17-22(19,20)11-3-4-12(15)13(16)9-11/h3-4,9,17H,5-8,10H2,1-2H3. The first kappa shape index (κ1) is 18.0. The van der Waals surface area contributed by atoms with Crippen molar-refractivity contribution in [1.29, 1.82) is 0 Å². The third kappa shape index (κ3) is 4.34. The second-order valence-corrected chi connectivity index (χ2v) is 8.39. The van der Waals surface area contributed by atoms with Crippen molar-refractivity contribution in [3.63, 3.8) is 0 Å². The number of benzene rings is 1. The number of morpholine rings is 1. The Bertz CT molecular complexity index is 629. The minimum Gasteiger partial charge on any atom is -0.379 e. The number of sulfonamides is 1. The summed E-state index contributed by atoms with van der Waals surface area (Å²) in [5.74, 6) is 0. The minimum absolute atomic E-state index is 0.111. The fourth-order valence-electron chi connectivity index (χ4n) is 2.28. The highest BCUT2D eigenvalue weighted by Crippen LogP contribution is 2.25. The van der Waals surface area contributed by atoms with Crippen LogP contribution in [0.25, 0.3) is 0 Å². The maximum Gasteiger partial charge on any atom is 0.240 e. The first-order valence-electron chi connectivity index (χ1n) is 7.00. The Morgan fingerprint density at radius 2 is 1.86 bits per heavy atom. The van der Waals surface area contributed by atoms with Crippen LogP contribution in [0.4, 0.5) is 0 Å². The van der Waals surface area contributed by atoms with Gasteiger partial charge in [-0.1, -0.05) is 23.2 Å². The van der Waals surface area contributed by atoms with E-state index in [2.05, 4.69) is 9.62 Å². The highest BCUT2D eigenvalue weighted by molar-refractivity contribution is 7.89. The van der Waals surface area contributed by atoms with Gasteiger partial charge in [-0.05, 0) is 32.0 Å². The highest BCUT2D eigenvalue weighted by atomic mass is 35.5. The summed E-state index contributed by atoms with van der Waals surface area (Å²) >= 11 is 11.7. The van der Waals surface area contributed by atoms with Gasteiger partial charge in [0.1, 0.15) is 0 Å². The molecular formula is C14H20Cl2N2O3S. The zero-order valence-corrected chi connectivity index (χ0v) is 14.9. The SMILES string of the molecule is CC(C)(CNS(=O)(=O)c1ccc(Cl)c(Cl)c1)N1CCOCC1. The fourth-order valence-corrected chi connectivity index (χ4v) is 3.87. The molecule has 0 amide bonds. The number of hydrogen-bond donors (Lipinski definition) is 1. The summed E-state index contributed by atoms with van der Waals surface area (Å²) in [4.78, 5) is 2.33. The molecule has 2 rings (SSSR count). The van der Waals surface area contributed by atoms with Crippen LogP contribution in [0.15, 0.2) is 23.1 Å². The third-order valence-electron chi connectivity index (χ3n) is 3.76. The van der Waals surface area contributed by atoms with Gasteiger partial charge < -0.3 is 4.74 Å². The van der Waals surface area contributed by atoms with Crippen molar-refractivity contribution in [3.8, 4) is 0 Å². The minimum atomic E-state index is -3.62. The summed E-state index contributed by atoms with van der Waals surface area (Å²) in [6.07, 6.45) is 0. The molecule has 1 saturated heterocycles. The molecule has 1 aliphatic heterocycles. The van der Waals surface area contributed by atoms with Crippen molar-refractivity contribution in [2.24, 2.45) is 0 Å². The van der Waals surface area contributed by atoms with E-state index in [-0.39, 0.29) is 15.5 Å². The van der Waals surface area contributed by atoms with Crippen LogP contribution in [-0.4, -0.2) is 51.7 Å². The molecule has 5 nitrogen and oxygen atoms in total. The summed E-state index contributed by atoms with van der Waals surface area (Å²) in [7, 11) is -3.62. The van der Waals surface area contributed by atoms with Gasteiger partial charge >= 0.3 is 0 Å². The van der Waals surface area contributed by atoms with Crippen LogP contribution in [0.1, 0.15) is 13.8 Å². The molecule has 0 aromatic heterocycles. The van der Waals surface area contributed by atoms with Crippen LogP contribution in [0.3, 0.4) is 0 Å². The predicted molar refractivity (Wildman–Crippen MR) is 88.1 cm³/mol. The molecular weight excluding hydrogens is 347 g/mol. The number of nitrogens with one attached hydrogen (secondary N) is 1. The Labute approximate surface area is 141 Å². The average molecular weight is 367 g/mol. The molecule has 0 atom stereocenters. The van der Waals surface area contributed by atoms with E-state index >= 15 is 0 Å². The van der Waals surface area contributed by atoms with Crippen molar-refractivity contribution >= 4 is 33.2 Å². The molecule has 0 radical (unpaired) electrons. The lowest BCUT2D eigenvalue weighted by Gasteiger charge is -2.40. The number of rotatable bonds is 5. The van der Waals surface area contributed by atoms with E-state index in [1.165, 1.54) is 18.2 Å². The van der Waals surface area contributed by atoms with Crippen LogP contribution in [0, 0.1) is 0 Å². The second-order valence-electron chi connectivity index (χ2n) is 5.81. The van der Waals surface area contributed by atoms with Gasteiger partial charge in [0, 0.05) is 25.2 Å². The molecule has 1 aliphatic rings. The molecule has 0 aliphatic carbocycles. The summed E-state index contributed by atoms with van der Waals surface area (Å²) in [5.41, 5.74) is -0.299. The number of hydrogen-bond acceptors (Lipinski definition) is 4. The van der Waals surface area contributed by atoms with Crippen molar-refractivity contribution < 1.29 is 13.2 Å². The average Bonchev–Trinajstić information content (AvgIpc) is 2.49. The summed E-state index contributed by atoms with van der Waals surface area (Å²) in [5, 5.41) is 0.547. The van der Waals surface area contributed by atoms with E-state index in [1.54, 1.807) is 0 Å². The van der Waals surface area contributed by atoms with E-state index < -0.39 is 10.0 Å². The first-order valence-corrected chi connectivity index (χ1v) is 9.24. The van der Waals surface area contributed by atoms with Crippen molar-refractivity contribution in [3.05, 3.63) is 28.2 Å². The van der Waals surface area contributed by atoms with Gasteiger partial charge in [0.05, 0.1) is 28.2 Å². The summed E-state index contributed by atoms with van der Waals surface area (Å²) in [6, 6.07) is 4.28. The Kier molecular flexibility index (Phi) is 5.74. The lowest BCUT2D eigenvalue weighted by molar-refractivity contribution is -0.00803. The Morgan fingerprint density at radius 3 is 2.45 bits per heavy atom. The Hall–Kier alpha value is -0.370. The molecule has 0 spiro atoms. The molecule has 0 saturated carbocycles. The van der Waals surface area contributed by atoms with E-state index in [4.69, 9.17) is 27.9 Å². The van der Waals surface area contributed by atoms with Crippen LogP contribution in [-0.2, 0) is 14.8 Å². The predicted octanol–water partition coefficient (Wildman–Crippen LogP) is 2.38. The van der Waals surface area contributed by atoms with E-state index in [0.29, 0.717) is 24.8 Å². The van der Waals surface area contributed by atoms with Crippen molar-refractivity contribution in [2.45, 2.75) is 24.3 Å². The summed E-state index contributed by atoms with van der Waals surface area (Å²) < 4.78 is 32.7. The molecule has 22 heavy (non-hydrogen) atoms. The molecule has 0 bridgehead atoms. The number of ether oxygens (including phenoxy) is 1. The maximum atomic E-state index is 12.4. The van der Waals surface area contributed by atoms with Gasteiger partial charge in [-0.2, -0.15) is 0 Å². The molecule has 1 heterocycles. The second kappa shape index (κ2) is 7.03. The van der Waals surface area contributed by atoms with Gasteiger partial charge in [-0.3, -0.25) is 4.90 Å². The first-order chi connectivity index (χ1) is 10.2. The summed E-state index contributed by atoms with van der Waals surface area (Å²) in [6.45, 7) is 7.25. The van der Waals surface area contributed by atoms with Gasteiger partial charge in [-0.25, -0.2) is 13.1 Å². The van der Waals surface area contributed by atoms with Crippen LogP contribution < -0.4 is 4.72 Å². The van der Waals surface area contributed by atoms with Crippen molar-refractivity contribution in [2.75, 3.05) is 32.8 Å². The normalized spacial score (nSPS) is 17.6. The molecule has 124 valence electrons. The Morgan fingerprint density at radius 1 is 1.23 bits per heavy atom. The van der Waals surface area contributed by atoms with Gasteiger partial charge in [0.2, 0.25) is 10.0 Å². The largest absolute Gasteiger partial charge is 0.379 e. The lowest BCUT2D eigenvalue weighted by atomic mass is 10.0. The van der Waals surface area contributed by atoms with E-state index in [9.17, 15) is 8.42 Å². The smallest absolute Gasteiger partial charge is 0.240 e. The highest BCUT2D eigenvalue weighted by Gasteiger charge is 2.30. The van der Waals surface area contributed by atoms with E-state index in [0.717, 1.165) is 13.1 Å². The monoisotopic (exact) mass is 366 g/mol. The van der Waals surface area contributed by atoms with Gasteiger partial charge in [0.25, 0.3) is 0 Å². The molecule has 1 aromatic carbocycles. The Balaban J connectivity index is 2.06. The zero-order chi connectivity index (χ0) is 16.4. The number of halogens is 2. The lowest BCUT2D eigenvalue weighted by Crippen LogP contribution is -2.55. The fraction of sp³-hybridized carbons (Fsp3) is 0.571. The van der Waals surface area contributed by atoms with Gasteiger partial charge in [-0.15, -0.1) is 0 Å². The third-order valence-corrected chi connectivity index (χ3v) is 5.90. The van der Waals surface area contributed by atoms with Crippen molar-refractivity contribution in [1.82, 2.24) is 9.62 Å². The molecule has 0 unspecified atom stereocenters. The topological polar surface area (TPSA) is 58.6 Å². The molecule has 1 N–H and O–H groups in total. The van der Waals surface area contributed by atoms with Gasteiger partial charge in [0.15, 0.2) is 0 Å².